The van der Waals surface area contributed by atoms with Crippen LogP contribution in [0.3, 0.4) is 0 Å². The Morgan fingerprint density at radius 1 is 1.60 bits per heavy atom. The topological polar surface area (TPSA) is 20.7 Å². The van der Waals surface area contributed by atoms with Gasteiger partial charge < -0.3 is 9.55 Å². The van der Waals surface area contributed by atoms with E-state index in [1.54, 1.807) is 0 Å². The van der Waals surface area contributed by atoms with E-state index in [1.165, 1.54) is 5.69 Å². The molecule has 1 rings (SSSR count). The number of rotatable bonds is 1. The summed E-state index contributed by atoms with van der Waals surface area (Å²) in [6, 6.07) is 0.457. The average molecular weight is 156 g/mol. The van der Waals surface area contributed by atoms with Gasteiger partial charge in [-0.2, -0.15) is 0 Å². The third kappa shape index (κ3) is 1.14. The highest BCUT2D eigenvalue weighted by atomic mass is 32.1. The van der Waals surface area contributed by atoms with Crippen molar-refractivity contribution in [2.24, 2.45) is 0 Å². The van der Waals surface area contributed by atoms with Gasteiger partial charge in [-0.3, -0.25) is 0 Å². The number of imidazole rings is 1. The van der Waals surface area contributed by atoms with E-state index in [0.717, 1.165) is 4.77 Å². The van der Waals surface area contributed by atoms with Crippen LogP contribution in [-0.4, -0.2) is 9.55 Å². The van der Waals surface area contributed by atoms with Crippen LogP contribution in [0.15, 0.2) is 6.20 Å². The minimum Gasteiger partial charge on any atom is -0.337 e. The number of nitrogens with zero attached hydrogens (tertiary/aromatic N) is 1. The second-order valence-electron chi connectivity index (χ2n) is 2.70. The molecule has 0 saturated carbocycles. The quantitative estimate of drug-likeness (QED) is 0.619. The molecule has 0 spiro atoms. The van der Waals surface area contributed by atoms with Crippen molar-refractivity contribution in [3.8, 4) is 0 Å². The van der Waals surface area contributed by atoms with Gasteiger partial charge in [-0.1, -0.05) is 0 Å². The molecule has 0 atom stereocenters. The number of aromatic nitrogens is 2. The second-order valence-corrected chi connectivity index (χ2v) is 3.09. The second kappa shape index (κ2) is 2.58. The molecule has 1 aromatic heterocycles. The summed E-state index contributed by atoms with van der Waals surface area (Å²) in [6.07, 6.45) is 1.93. The molecule has 56 valence electrons. The van der Waals surface area contributed by atoms with Crippen molar-refractivity contribution in [2.75, 3.05) is 0 Å². The Kier molecular flexibility index (Phi) is 1.94. The SMILES string of the molecule is Cc1c[nH]c(=S)n1C(C)C. The summed E-state index contributed by atoms with van der Waals surface area (Å²) in [7, 11) is 0. The third-order valence-electron chi connectivity index (χ3n) is 1.52. The summed E-state index contributed by atoms with van der Waals surface area (Å²) >= 11 is 5.06. The fraction of sp³-hybridized carbons (Fsp3) is 0.571. The van der Waals surface area contributed by atoms with E-state index in [-0.39, 0.29) is 0 Å². The third-order valence-corrected chi connectivity index (χ3v) is 1.83. The molecule has 0 amide bonds. The lowest BCUT2D eigenvalue weighted by atomic mass is 10.4. The molecule has 0 aliphatic heterocycles. The van der Waals surface area contributed by atoms with Crippen molar-refractivity contribution >= 4 is 12.2 Å². The first-order chi connectivity index (χ1) is 4.63. The van der Waals surface area contributed by atoms with Crippen LogP contribution in [0.2, 0.25) is 0 Å². The Morgan fingerprint density at radius 2 is 2.20 bits per heavy atom. The molecule has 10 heavy (non-hydrogen) atoms. The molecule has 0 bridgehead atoms. The van der Waals surface area contributed by atoms with Gasteiger partial charge in [0.05, 0.1) is 0 Å². The molecule has 0 aliphatic carbocycles. The predicted octanol–water partition coefficient (Wildman–Crippen LogP) is 2.44. The van der Waals surface area contributed by atoms with Crippen molar-refractivity contribution in [1.29, 1.82) is 0 Å². The Balaban J connectivity index is 3.23. The Labute approximate surface area is 65.9 Å². The predicted molar refractivity (Wildman–Crippen MR) is 44.7 cm³/mol. The van der Waals surface area contributed by atoms with Crippen LogP contribution in [-0.2, 0) is 0 Å². The lowest BCUT2D eigenvalue weighted by molar-refractivity contribution is 0.578. The Hall–Kier alpha value is -0.570. The van der Waals surface area contributed by atoms with E-state index in [2.05, 4.69) is 23.4 Å². The monoisotopic (exact) mass is 156 g/mol. The molecule has 1 heterocycles. The lowest BCUT2D eigenvalue weighted by Crippen LogP contribution is -2.01. The van der Waals surface area contributed by atoms with Crippen LogP contribution in [0.5, 0.6) is 0 Å². The standard InChI is InChI=1S/C7H12N2S/c1-5(2)9-6(3)4-8-7(9)10/h4-5H,1-3H3,(H,8,10). The van der Waals surface area contributed by atoms with Crippen molar-refractivity contribution in [3.63, 3.8) is 0 Å². The molecular formula is C7H12N2S. The van der Waals surface area contributed by atoms with E-state index in [1.807, 2.05) is 13.1 Å². The molecular weight excluding hydrogens is 144 g/mol. The smallest absolute Gasteiger partial charge is 0.177 e. The van der Waals surface area contributed by atoms with Gasteiger partial charge >= 0.3 is 0 Å². The fourth-order valence-electron chi connectivity index (χ4n) is 1.11. The summed E-state index contributed by atoms with van der Waals surface area (Å²) in [6.45, 7) is 6.29. The number of nitrogens with one attached hydrogen (secondary N) is 1. The number of hydrogen-bond donors (Lipinski definition) is 1. The van der Waals surface area contributed by atoms with E-state index in [4.69, 9.17) is 12.2 Å². The first kappa shape index (κ1) is 7.54. The molecule has 0 aliphatic rings. The number of aromatic amines is 1. The number of hydrogen-bond acceptors (Lipinski definition) is 1. The summed E-state index contributed by atoms with van der Waals surface area (Å²) in [5.41, 5.74) is 1.19. The normalized spacial score (nSPS) is 10.8. The van der Waals surface area contributed by atoms with Gasteiger partial charge in [0.25, 0.3) is 0 Å². The van der Waals surface area contributed by atoms with E-state index >= 15 is 0 Å². The maximum absolute atomic E-state index is 5.06. The average Bonchev–Trinajstić information content (AvgIpc) is 2.11. The minimum atomic E-state index is 0.457. The summed E-state index contributed by atoms with van der Waals surface area (Å²) in [5.74, 6) is 0. The van der Waals surface area contributed by atoms with Gasteiger partial charge in [0.15, 0.2) is 4.77 Å². The van der Waals surface area contributed by atoms with Crippen LogP contribution in [0.1, 0.15) is 25.6 Å². The molecule has 1 aromatic rings. The van der Waals surface area contributed by atoms with Gasteiger partial charge in [-0.15, -0.1) is 0 Å². The lowest BCUT2D eigenvalue weighted by Gasteiger charge is -2.07. The zero-order valence-electron chi connectivity index (χ0n) is 6.51. The van der Waals surface area contributed by atoms with Gasteiger partial charge in [0, 0.05) is 17.9 Å². The maximum atomic E-state index is 5.06. The summed E-state index contributed by atoms with van der Waals surface area (Å²) in [4.78, 5) is 3.00. The molecule has 0 aromatic carbocycles. The van der Waals surface area contributed by atoms with Gasteiger partial charge in [0.2, 0.25) is 0 Å². The van der Waals surface area contributed by atoms with Crippen LogP contribution < -0.4 is 0 Å². The minimum absolute atomic E-state index is 0.457. The van der Waals surface area contributed by atoms with E-state index in [9.17, 15) is 0 Å². The molecule has 2 nitrogen and oxygen atoms in total. The highest BCUT2D eigenvalue weighted by Gasteiger charge is 2.01. The first-order valence-electron chi connectivity index (χ1n) is 3.39. The first-order valence-corrected chi connectivity index (χ1v) is 3.80. The molecule has 0 fully saturated rings. The Bertz CT molecular complexity index is 269. The van der Waals surface area contributed by atoms with Gasteiger partial charge in [-0.25, -0.2) is 0 Å². The summed E-state index contributed by atoms with van der Waals surface area (Å²) < 4.78 is 2.91. The van der Waals surface area contributed by atoms with Crippen LogP contribution in [0, 0.1) is 11.7 Å². The molecule has 0 unspecified atom stereocenters. The Morgan fingerprint density at radius 3 is 2.40 bits per heavy atom. The highest BCUT2D eigenvalue weighted by molar-refractivity contribution is 7.71. The molecule has 1 N–H and O–H groups in total. The molecule has 3 heteroatoms. The molecule has 0 radical (unpaired) electrons. The van der Waals surface area contributed by atoms with Crippen molar-refractivity contribution < 1.29 is 0 Å². The van der Waals surface area contributed by atoms with Crippen LogP contribution in [0.4, 0.5) is 0 Å². The van der Waals surface area contributed by atoms with E-state index < -0.39 is 0 Å². The maximum Gasteiger partial charge on any atom is 0.177 e. The van der Waals surface area contributed by atoms with Crippen molar-refractivity contribution in [1.82, 2.24) is 9.55 Å². The zero-order chi connectivity index (χ0) is 7.72. The number of H-pyrrole nitrogens is 1. The van der Waals surface area contributed by atoms with Crippen molar-refractivity contribution in [2.45, 2.75) is 26.8 Å². The highest BCUT2D eigenvalue weighted by Crippen LogP contribution is 2.08. The largest absolute Gasteiger partial charge is 0.337 e. The summed E-state index contributed by atoms with van der Waals surface area (Å²) in [5, 5.41) is 0. The van der Waals surface area contributed by atoms with Crippen LogP contribution >= 0.6 is 12.2 Å². The van der Waals surface area contributed by atoms with Gasteiger partial charge in [-0.05, 0) is 33.0 Å². The van der Waals surface area contributed by atoms with Crippen molar-refractivity contribution in [3.05, 3.63) is 16.7 Å². The van der Waals surface area contributed by atoms with E-state index in [0.29, 0.717) is 6.04 Å². The molecule has 0 saturated heterocycles. The zero-order valence-corrected chi connectivity index (χ0v) is 7.33. The van der Waals surface area contributed by atoms with Crippen LogP contribution in [0.25, 0.3) is 0 Å². The fourth-order valence-corrected chi connectivity index (χ4v) is 1.52. The van der Waals surface area contributed by atoms with Gasteiger partial charge in [0.1, 0.15) is 0 Å². The number of aryl methyl sites for hydroxylation is 1.